The minimum atomic E-state index is -0.185. The van der Waals surface area contributed by atoms with E-state index in [9.17, 15) is 4.39 Å². The molecule has 1 saturated heterocycles. The number of nitrogens with one attached hydrogen (secondary N) is 1. The Balaban J connectivity index is 2.05. The molecule has 0 aliphatic carbocycles. The second-order valence-electron chi connectivity index (χ2n) is 3.99. The summed E-state index contributed by atoms with van der Waals surface area (Å²) in [4.78, 5) is 0. The Morgan fingerprint density at radius 2 is 2.07 bits per heavy atom. The summed E-state index contributed by atoms with van der Waals surface area (Å²) in [5, 5.41) is 3.37. The van der Waals surface area contributed by atoms with Crippen molar-refractivity contribution < 1.29 is 9.13 Å². The van der Waals surface area contributed by atoms with Gasteiger partial charge in [-0.05, 0) is 37.5 Å². The van der Waals surface area contributed by atoms with Gasteiger partial charge in [0.05, 0.1) is 0 Å². The Hall–Kier alpha value is -1.09. The van der Waals surface area contributed by atoms with Gasteiger partial charge in [-0.3, -0.25) is 0 Å². The van der Waals surface area contributed by atoms with Crippen LogP contribution in [0, 0.1) is 12.7 Å². The van der Waals surface area contributed by atoms with Crippen molar-refractivity contribution in [3.8, 4) is 0 Å². The van der Waals surface area contributed by atoms with Crippen LogP contribution in [0.2, 0.25) is 0 Å². The average Bonchev–Trinajstić information content (AvgIpc) is 2.25. The van der Waals surface area contributed by atoms with Gasteiger partial charge in [-0.1, -0.05) is 6.07 Å². The monoisotopic (exact) mass is 209 g/mol. The number of anilines is 1. The molecule has 82 valence electrons. The number of hydrogen-bond acceptors (Lipinski definition) is 2. The van der Waals surface area contributed by atoms with E-state index in [0.29, 0.717) is 6.04 Å². The number of aryl methyl sites for hydroxylation is 1. The summed E-state index contributed by atoms with van der Waals surface area (Å²) in [6, 6.07) is 5.27. The van der Waals surface area contributed by atoms with Gasteiger partial charge in [0.1, 0.15) is 5.82 Å². The maximum absolute atomic E-state index is 13.0. The van der Waals surface area contributed by atoms with Crippen LogP contribution in [-0.2, 0) is 4.74 Å². The lowest BCUT2D eigenvalue weighted by molar-refractivity contribution is 0.0904. The molecule has 1 aromatic rings. The van der Waals surface area contributed by atoms with E-state index in [-0.39, 0.29) is 5.82 Å². The number of hydrogen-bond donors (Lipinski definition) is 1. The van der Waals surface area contributed by atoms with Crippen molar-refractivity contribution in [2.24, 2.45) is 0 Å². The molecule has 0 saturated carbocycles. The molecule has 0 radical (unpaired) electrons. The second kappa shape index (κ2) is 4.62. The number of halogens is 1. The molecular formula is C12H16FNO. The molecular weight excluding hydrogens is 193 g/mol. The summed E-state index contributed by atoms with van der Waals surface area (Å²) in [6.07, 6.45) is 1.99. The molecule has 3 heteroatoms. The highest BCUT2D eigenvalue weighted by Crippen LogP contribution is 2.20. The molecule has 0 bridgehead atoms. The minimum absolute atomic E-state index is 0.185. The van der Waals surface area contributed by atoms with Crippen molar-refractivity contribution in [3.05, 3.63) is 29.6 Å². The Kier molecular flexibility index (Phi) is 3.21. The molecule has 1 heterocycles. The van der Waals surface area contributed by atoms with E-state index >= 15 is 0 Å². The molecule has 1 aromatic carbocycles. The van der Waals surface area contributed by atoms with E-state index in [1.165, 1.54) is 6.07 Å². The smallest absolute Gasteiger partial charge is 0.125 e. The van der Waals surface area contributed by atoms with Gasteiger partial charge >= 0.3 is 0 Å². The third-order valence-electron chi connectivity index (χ3n) is 2.78. The molecule has 1 fully saturated rings. The highest BCUT2D eigenvalue weighted by atomic mass is 19.1. The summed E-state index contributed by atoms with van der Waals surface area (Å²) < 4.78 is 18.3. The van der Waals surface area contributed by atoms with Gasteiger partial charge in [0.15, 0.2) is 0 Å². The summed E-state index contributed by atoms with van der Waals surface area (Å²) in [6.45, 7) is 3.58. The van der Waals surface area contributed by atoms with E-state index < -0.39 is 0 Å². The van der Waals surface area contributed by atoms with Gasteiger partial charge in [-0.25, -0.2) is 4.39 Å². The highest BCUT2D eigenvalue weighted by molar-refractivity contribution is 5.51. The predicted octanol–water partition coefficient (Wildman–Crippen LogP) is 2.73. The first-order chi connectivity index (χ1) is 7.25. The van der Waals surface area contributed by atoms with Crippen molar-refractivity contribution in [2.75, 3.05) is 18.5 Å². The second-order valence-corrected chi connectivity index (χ2v) is 3.99. The van der Waals surface area contributed by atoms with Crippen LogP contribution in [0.5, 0.6) is 0 Å². The average molecular weight is 209 g/mol. The third kappa shape index (κ3) is 2.69. The van der Waals surface area contributed by atoms with E-state index in [1.54, 1.807) is 12.1 Å². The predicted molar refractivity (Wildman–Crippen MR) is 58.6 cm³/mol. The number of ether oxygens (including phenoxy) is 1. The lowest BCUT2D eigenvalue weighted by Crippen LogP contribution is -2.28. The highest BCUT2D eigenvalue weighted by Gasteiger charge is 2.14. The normalized spacial score (nSPS) is 17.7. The van der Waals surface area contributed by atoms with Crippen LogP contribution in [0.15, 0.2) is 18.2 Å². The molecule has 1 N–H and O–H groups in total. The van der Waals surface area contributed by atoms with Crippen molar-refractivity contribution in [2.45, 2.75) is 25.8 Å². The van der Waals surface area contributed by atoms with Gasteiger partial charge in [0.2, 0.25) is 0 Å². The Morgan fingerprint density at radius 3 is 2.80 bits per heavy atom. The first kappa shape index (κ1) is 10.4. The van der Waals surface area contributed by atoms with Gasteiger partial charge in [0.25, 0.3) is 0 Å². The quantitative estimate of drug-likeness (QED) is 0.808. The Bertz CT molecular complexity index is 334. The zero-order valence-electron chi connectivity index (χ0n) is 8.92. The molecule has 0 spiro atoms. The first-order valence-electron chi connectivity index (χ1n) is 5.36. The zero-order chi connectivity index (χ0) is 10.7. The van der Waals surface area contributed by atoms with Crippen LogP contribution < -0.4 is 5.32 Å². The van der Waals surface area contributed by atoms with Gasteiger partial charge < -0.3 is 10.1 Å². The van der Waals surface area contributed by atoms with Gasteiger partial charge in [0, 0.05) is 24.9 Å². The summed E-state index contributed by atoms with van der Waals surface area (Å²) in [7, 11) is 0. The van der Waals surface area contributed by atoms with Crippen molar-refractivity contribution in [1.82, 2.24) is 0 Å². The Morgan fingerprint density at radius 1 is 1.33 bits per heavy atom. The molecule has 2 rings (SSSR count). The molecule has 0 amide bonds. The fraction of sp³-hybridized carbons (Fsp3) is 0.500. The number of benzene rings is 1. The van der Waals surface area contributed by atoms with E-state index in [4.69, 9.17) is 4.74 Å². The van der Waals surface area contributed by atoms with Crippen LogP contribution in [0.1, 0.15) is 18.4 Å². The first-order valence-corrected chi connectivity index (χ1v) is 5.36. The molecule has 1 aliphatic heterocycles. The lowest BCUT2D eigenvalue weighted by Gasteiger charge is -2.25. The van der Waals surface area contributed by atoms with Crippen LogP contribution in [0.3, 0.4) is 0 Å². The summed E-state index contributed by atoms with van der Waals surface area (Å²) >= 11 is 0. The fourth-order valence-electron chi connectivity index (χ4n) is 1.81. The van der Waals surface area contributed by atoms with Crippen molar-refractivity contribution in [3.63, 3.8) is 0 Å². The van der Waals surface area contributed by atoms with Gasteiger partial charge in [-0.15, -0.1) is 0 Å². The van der Waals surface area contributed by atoms with Crippen molar-refractivity contribution >= 4 is 5.69 Å². The molecule has 15 heavy (non-hydrogen) atoms. The standard InChI is InChI=1S/C12H16FNO/c1-9-2-3-10(13)8-12(9)14-11-4-6-15-7-5-11/h2-3,8,11,14H,4-7H2,1H3. The van der Waals surface area contributed by atoms with Crippen LogP contribution in [0.25, 0.3) is 0 Å². The zero-order valence-corrected chi connectivity index (χ0v) is 8.92. The maximum Gasteiger partial charge on any atom is 0.125 e. The van der Waals surface area contributed by atoms with E-state index in [1.807, 2.05) is 6.92 Å². The lowest BCUT2D eigenvalue weighted by atomic mass is 10.1. The Labute approximate surface area is 89.4 Å². The fourth-order valence-corrected chi connectivity index (χ4v) is 1.81. The molecule has 0 unspecified atom stereocenters. The SMILES string of the molecule is Cc1ccc(F)cc1NC1CCOCC1. The topological polar surface area (TPSA) is 21.3 Å². The molecule has 0 atom stereocenters. The van der Waals surface area contributed by atoms with Crippen molar-refractivity contribution in [1.29, 1.82) is 0 Å². The molecule has 1 aliphatic rings. The summed E-state index contributed by atoms with van der Waals surface area (Å²) in [5.74, 6) is -0.185. The third-order valence-corrected chi connectivity index (χ3v) is 2.78. The van der Waals surface area contributed by atoms with Crippen LogP contribution >= 0.6 is 0 Å². The van der Waals surface area contributed by atoms with E-state index in [2.05, 4.69) is 5.32 Å². The maximum atomic E-state index is 13.0. The largest absolute Gasteiger partial charge is 0.382 e. The minimum Gasteiger partial charge on any atom is -0.382 e. The van der Waals surface area contributed by atoms with Crippen LogP contribution in [0.4, 0.5) is 10.1 Å². The molecule has 0 aromatic heterocycles. The van der Waals surface area contributed by atoms with E-state index in [0.717, 1.165) is 37.3 Å². The summed E-state index contributed by atoms with van der Waals surface area (Å²) in [5.41, 5.74) is 1.99. The van der Waals surface area contributed by atoms with Gasteiger partial charge in [-0.2, -0.15) is 0 Å². The number of rotatable bonds is 2. The molecule has 2 nitrogen and oxygen atoms in total. The van der Waals surface area contributed by atoms with Crippen LogP contribution in [-0.4, -0.2) is 19.3 Å².